The van der Waals surface area contributed by atoms with Crippen molar-refractivity contribution in [2.45, 2.75) is 139 Å². The van der Waals surface area contributed by atoms with E-state index in [1.165, 1.54) is 11.9 Å². The highest BCUT2D eigenvalue weighted by molar-refractivity contribution is 6.00. The number of piperazine rings is 1. The van der Waals surface area contributed by atoms with Crippen molar-refractivity contribution in [2.75, 3.05) is 119 Å². The Balaban J connectivity index is 1.23. The van der Waals surface area contributed by atoms with Crippen LogP contribution in [0.4, 0.5) is 4.79 Å². The van der Waals surface area contributed by atoms with Gasteiger partial charge in [-0.15, -0.1) is 0 Å². The molecule has 3 aliphatic heterocycles. The summed E-state index contributed by atoms with van der Waals surface area (Å²) in [5.74, 6) is -12.3. The number of carboxylic acid groups (broad SMARTS) is 2. The summed E-state index contributed by atoms with van der Waals surface area (Å²) in [7, 11) is 1.30. The number of benzene rings is 3. The number of likely N-dealkylation sites (N-methyl/N-ethyl adjacent to an activating group) is 1. The highest BCUT2D eigenvalue weighted by Gasteiger charge is 2.41. The van der Waals surface area contributed by atoms with E-state index in [-0.39, 0.29) is 130 Å². The number of amides is 13. The van der Waals surface area contributed by atoms with Crippen LogP contribution in [0, 0.1) is 0 Å². The summed E-state index contributed by atoms with van der Waals surface area (Å²) in [5, 5.41) is 56.8. The van der Waals surface area contributed by atoms with Gasteiger partial charge in [-0.05, 0) is 79.7 Å². The number of hydrogen-bond donors (Lipinski definition) is 15. The van der Waals surface area contributed by atoms with Crippen LogP contribution in [0.5, 0.6) is 0 Å². The minimum atomic E-state index is -1.86. The van der Waals surface area contributed by atoms with Crippen LogP contribution in [0.1, 0.15) is 87.0 Å². The Morgan fingerprint density at radius 1 is 0.573 bits per heavy atom. The monoisotopic (exact) mass is 1540 g/mol. The van der Waals surface area contributed by atoms with Crippen LogP contribution in [-0.2, 0) is 102 Å². The lowest BCUT2D eigenvalue weighted by Gasteiger charge is -2.33. The first-order chi connectivity index (χ1) is 52.9. The van der Waals surface area contributed by atoms with Gasteiger partial charge in [0.2, 0.25) is 65.0 Å². The second-order valence-electron chi connectivity index (χ2n) is 27.0. The number of nitrogens with one attached hydrogen (secondary N) is 11. The van der Waals surface area contributed by atoms with Crippen LogP contribution >= 0.6 is 0 Å². The average molecular weight is 1540 g/mol. The molecule has 16 N–H and O–H groups in total. The van der Waals surface area contributed by atoms with Crippen molar-refractivity contribution in [2.24, 2.45) is 5.73 Å². The molecule has 600 valence electrons. The number of aromatic nitrogens is 1. The summed E-state index contributed by atoms with van der Waals surface area (Å²) in [4.78, 5) is 205. The third-order valence-electron chi connectivity index (χ3n) is 18.7. The van der Waals surface area contributed by atoms with Crippen molar-refractivity contribution in [1.29, 1.82) is 0 Å². The number of aliphatic carboxylic acids is 2. The fraction of sp³-hybridized carbons (Fsp3) is 0.541. The number of carbonyl (C=O) groups excluding carboxylic acids is 12. The topological polar surface area (TPSA) is 502 Å². The number of carbonyl (C=O) groups is 14. The van der Waals surface area contributed by atoms with E-state index in [1.807, 2.05) is 6.92 Å². The molecule has 0 aliphatic carbocycles. The molecule has 3 aliphatic rings. The summed E-state index contributed by atoms with van der Waals surface area (Å²) >= 11 is 0. The molecule has 36 heteroatoms. The summed E-state index contributed by atoms with van der Waals surface area (Å²) in [6, 6.07) is 9.66. The van der Waals surface area contributed by atoms with E-state index < -0.39 is 164 Å². The van der Waals surface area contributed by atoms with Crippen molar-refractivity contribution in [3.63, 3.8) is 0 Å². The zero-order valence-electron chi connectivity index (χ0n) is 62.1. The lowest BCUT2D eigenvalue weighted by atomic mass is 10.00. The van der Waals surface area contributed by atoms with E-state index >= 15 is 14.4 Å². The standard InChI is InChI=1S/C74H104N16O20/c1-3-32-108-33-23-55-69(102)84-57(39-50-42-77-52-15-8-7-14-51(50)52)67(100)79-43-61(92)81-53(16-9-10-25-76-74(107)89-29-27-88(28-30-89)45-65(97)98)68(101)86-58(40-64(95)96)73(106)90-26-11-17-59(90)71(104)83-54(22-31-91)66(99)80-44-63(94)87(2)60(38-47-12-5-4-6-13-47)72(105)85-56(70(103)82-55)37-48-18-20-49(21-19-48)41-78-62(93)46-110-36-35-109-34-24-75/h4-8,12-15,18-21,42,53-60,77,91H,3,9-11,16-17,22-41,43-46,75H2,1-2H3,(H,76,107)(H,78,93)(H,79,100)(H,80,99)(H,81,92)(H,82,103)(H,83,104)(H,84,102)(H,85,105)(H,86,101)(H,95,96)(H,97,98)/t53-,54-,55-,56-,57-,58-,59+,60-/m0/s1. The van der Waals surface area contributed by atoms with Crippen molar-refractivity contribution in [1.82, 2.24) is 77.8 Å². The van der Waals surface area contributed by atoms with Gasteiger partial charge in [0.1, 0.15) is 54.9 Å². The number of fused-ring (bicyclic) bond motifs is 2. The van der Waals surface area contributed by atoms with Gasteiger partial charge in [-0.2, -0.15) is 0 Å². The van der Waals surface area contributed by atoms with E-state index in [0.29, 0.717) is 65.8 Å². The number of ether oxygens (including phenoxy) is 3. The molecule has 110 heavy (non-hydrogen) atoms. The Morgan fingerprint density at radius 2 is 1.18 bits per heavy atom. The number of H-pyrrole nitrogens is 1. The SMILES string of the molecule is CCCOCC[C@@H]1NC(=O)[C@H](Cc2ccc(CNC(=O)COCCOCCN)cc2)NC(=O)[C@H](Cc2ccccc2)N(C)C(=O)CNC(=O)[C@H](CCO)NC(=O)[C@H]2CCCN2C(=O)[C@H](CC(=O)O)NC(=O)[C@H](CCCCNC(=O)N2CCN(CC(=O)O)CC2)NC(=O)CNC(=O)[C@H](Cc2c[nH]c3ccccc23)NC1=O. The summed E-state index contributed by atoms with van der Waals surface area (Å²) < 4.78 is 16.5. The number of nitrogens with zero attached hydrogens (tertiary/aromatic N) is 4. The number of aliphatic hydroxyl groups is 1. The Labute approximate surface area is 636 Å². The molecule has 3 saturated heterocycles. The summed E-state index contributed by atoms with van der Waals surface area (Å²) in [6.45, 7) is 1.59. The van der Waals surface area contributed by atoms with Crippen LogP contribution in [0.2, 0.25) is 0 Å². The van der Waals surface area contributed by atoms with Crippen LogP contribution in [-0.4, -0.2) is 290 Å². The molecule has 4 heterocycles. The van der Waals surface area contributed by atoms with Gasteiger partial charge in [0.05, 0.1) is 45.9 Å². The van der Waals surface area contributed by atoms with Gasteiger partial charge in [0, 0.05) is 116 Å². The summed E-state index contributed by atoms with van der Waals surface area (Å²) in [6.07, 6.45) is 0.316. The number of nitrogens with two attached hydrogens (primary N) is 1. The fourth-order valence-corrected chi connectivity index (χ4v) is 12.7. The average Bonchev–Trinajstić information content (AvgIpc) is 1.66. The third kappa shape index (κ3) is 28.1. The Bertz CT molecular complexity index is 3770. The molecule has 0 spiro atoms. The molecule has 4 aromatic rings. The number of urea groups is 1. The number of para-hydroxylation sites is 1. The molecule has 8 atom stereocenters. The van der Waals surface area contributed by atoms with Crippen molar-refractivity contribution >= 4 is 93.9 Å². The lowest BCUT2D eigenvalue weighted by molar-refractivity contribution is -0.146. The summed E-state index contributed by atoms with van der Waals surface area (Å²) in [5.41, 5.74) is 8.37. The third-order valence-corrected chi connectivity index (χ3v) is 18.7. The molecule has 0 saturated carbocycles. The first-order valence-corrected chi connectivity index (χ1v) is 37.0. The molecule has 3 fully saturated rings. The van der Waals surface area contributed by atoms with Gasteiger partial charge < -0.3 is 108 Å². The largest absolute Gasteiger partial charge is 0.481 e. The zero-order chi connectivity index (χ0) is 79.5. The number of aromatic amines is 1. The smallest absolute Gasteiger partial charge is 0.317 e. The van der Waals surface area contributed by atoms with Crippen molar-refractivity contribution in [3.8, 4) is 0 Å². The molecule has 0 bridgehead atoms. The normalized spacial score (nSPS) is 21.6. The van der Waals surface area contributed by atoms with E-state index in [1.54, 1.807) is 90.0 Å². The van der Waals surface area contributed by atoms with Crippen LogP contribution < -0.4 is 58.9 Å². The van der Waals surface area contributed by atoms with Crippen LogP contribution in [0.25, 0.3) is 10.9 Å². The molecule has 0 radical (unpaired) electrons. The molecule has 1 aromatic heterocycles. The predicted molar refractivity (Wildman–Crippen MR) is 396 cm³/mol. The van der Waals surface area contributed by atoms with Gasteiger partial charge in [0.25, 0.3) is 0 Å². The second kappa shape index (κ2) is 45.4. The maximum atomic E-state index is 15.3. The van der Waals surface area contributed by atoms with Gasteiger partial charge in [-0.1, -0.05) is 79.7 Å². The maximum absolute atomic E-state index is 15.3. The first-order valence-electron chi connectivity index (χ1n) is 37.0. The van der Waals surface area contributed by atoms with E-state index in [2.05, 4.69) is 58.2 Å². The lowest BCUT2D eigenvalue weighted by Crippen LogP contribution is -2.60. The molecule has 0 unspecified atom stereocenters. The number of aliphatic hydroxyl groups excluding tert-OH is 1. The molecule has 7 rings (SSSR count). The Kier molecular flexibility index (Phi) is 35.7. The predicted octanol–water partition coefficient (Wildman–Crippen LogP) is -2.97. The first kappa shape index (κ1) is 86.6. The molecule has 13 amide bonds. The number of unbranched alkanes of at least 4 members (excludes halogenated alkanes) is 1. The van der Waals surface area contributed by atoms with Crippen LogP contribution in [0.15, 0.2) is 85.1 Å². The maximum Gasteiger partial charge on any atom is 0.317 e. The number of hydrogen-bond acceptors (Lipinski definition) is 20. The minimum Gasteiger partial charge on any atom is -0.481 e. The van der Waals surface area contributed by atoms with Gasteiger partial charge in [0.15, 0.2) is 0 Å². The molecule has 3 aromatic carbocycles. The van der Waals surface area contributed by atoms with Crippen molar-refractivity contribution in [3.05, 3.63) is 107 Å². The number of carboxylic acids is 2. The highest BCUT2D eigenvalue weighted by Crippen LogP contribution is 2.23. The highest BCUT2D eigenvalue weighted by atomic mass is 16.5. The van der Waals surface area contributed by atoms with Crippen LogP contribution in [0.3, 0.4) is 0 Å². The molecular formula is C74H104N16O20. The Hall–Kier alpha value is -10.7. The molecular weight excluding hydrogens is 1430 g/mol. The van der Waals surface area contributed by atoms with Gasteiger partial charge in [-0.3, -0.25) is 67.2 Å². The zero-order valence-corrected chi connectivity index (χ0v) is 62.1. The second-order valence-corrected chi connectivity index (χ2v) is 27.0. The van der Waals surface area contributed by atoms with E-state index in [4.69, 9.17) is 19.9 Å². The quantitative estimate of drug-likeness (QED) is 0.0224. The Morgan fingerprint density at radius 3 is 1.89 bits per heavy atom. The van der Waals surface area contributed by atoms with Gasteiger partial charge >= 0.3 is 18.0 Å². The van der Waals surface area contributed by atoms with E-state index in [0.717, 1.165) is 9.80 Å². The number of rotatable bonds is 31. The van der Waals surface area contributed by atoms with Crippen molar-refractivity contribution < 1.29 is 96.7 Å². The van der Waals surface area contributed by atoms with E-state index in [9.17, 15) is 68.1 Å². The van der Waals surface area contributed by atoms with Gasteiger partial charge in [-0.25, -0.2) is 4.79 Å². The molecule has 36 nitrogen and oxygen atoms in total. The minimum absolute atomic E-state index is 0.00365. The fourth-order valence-electron chi connectivity index (χ4n) is 12.7.